The number of aromatic nitrogens is 3. The highest BCUT2D eigenvalue weighted by Crippen LogP contribution is 2.33. The Kier molecular flexibility index (Phi) is 6.97. The standard InChI is InChI=1S/C52H35N3Si2/c1-4-18-36(19-5-1)55-43-32-34-49(56(37-20-6-2-7-21-37)45-28-14-10-24-39(45)40-25-11-15-29-46(40)56)53-51(43)52-44(55)33-35-50(54-52)57(38-22-8-3-9-23-38)47-30-16-12-26-41(47)42-27-13-17-31-48(42)57/h1-35H. The molecule has 10 aromatic rings. The fourth-order valence-corrected chi connectivity index (χ4v) is 20.3. The van der Waals surface area contributed by atoms with Crippen LogP contribution in [0.2, 0.25) is 0 Å². The van der Waals surface area contributed by atoms with Crippen molar-refractivity contribution < 1.29 is 0 Å². The topological polar surface area (TPSA) is 30.7 Å². The van der Waals surface area contributed by atoms with Gasteiger partial charge < -0.3 is 4.57 Å². The molecule has 0 saturated carbocycles. The summed E-state index contributed by atoms with van der Waals surface area (Å²) in [6.07, 6.45) is 0. The largest absolute Gasteiger partial charge is 0.306 e. The Bertz CT molecular complexity index is 2910. The van der Waals surface area contributed by atoms with Crippen molar-refractivity contribution in [2.45, 2.75) is 0 Å². The number of nitrogens with zero attached hydrogens (tertiary/aromatic N) is 3. The Hall–Kier alpha value is -6.93. The van der Waals surface area contributed by atoms with E-state index in [9.17, 15) is 0 Å². The van der Waals surface area contributed by atoms with Gasteiger partial charge in [0.25, 0.3) is 0 Å². The summed E-state index contributed by atoms with van der Waals surface area (Å²) >= 11 is 0. The van der Waals surface area contributed by atoms with Gasteiger partial charge in [-0.1, -0.05) is 176 Å². The molecule has 0 unspecified atom stereocenters. The van der Waals surface area contributed by atoms with Crippen LogP contribution in [0.1, 0.15) is 0 Å². The van der Waals surface area contributed by atoms with E-state index in [1.165, 1.54) is 53.4 Å². The molecule has 12 rings (SSSR count). The Morgan fingerprint density at radius 2 is 0.614 bits per heavy atom. The van der Waals surface area contributed by atoms with Crippen molar-refractivity contribution in [3.8, 4) is 27.9 Å². The summed E-state index contributed by atoms with van der Waals surface area (Å²) in [4.78, 5) is 11.8. The molecule has 57 heavy (non-hydrogen) atoms. The zero-order valence-corrected chi connectivity index (χ0v) is 33.0. The van der Waals surface area contributed by atoms with Gasteiger partial charge in [0, 0.05) is 16.3 Å². The molecule has 0 radical (unpaired) electrons. The maximum atomic E-state index is 5.92. The van der Waals surface area contributed by atoms with E-state index in [-0.39, 0.29) is 0 Å². The van der Waals surface area contributed by atoms with E-state index in [1.807, 2.05) is 0 Å². The minimum atomic E-state index is -2.84. The minimum Gasteiger partial charge on any atom is -0.306 e. The Labute approximate surface area is 333 Å². The van der Waals surface area contributed by atoms with Gasteiger partial charge in [-0.15, -0.1) is 0 Å². The van der Waals surface area contributed by atoms with Gasteiger partial charge in [-0.3, -0.25) is 9.97 Å². The molecule has 3 nitrogen and oxygen atoms in total. The van der Waals surface area contributed by atoms with E-state index in [1.54, 1.807) is 0 Å². The molecule has 0 amide bonds. The van der Waals surface area contributed by atoms with Gasteiger partial charge >= 0.3 is 0 Å². The van der Waals surface area contributed by atoms with Crippen LogP contribution in [-0.2, 0) is 0 Å². The highest BCUT2D eigenvalue weighted by atomic mass is 28.3. The van der Waals surface area contributed by atoms with Gasteiger partial charge in [0.1, 0.15) is 11.0 Å². The average Bonchev–Trinajstić information content (AvgIpc) is 3.90. The lowest BCUT2D eigenvalue weighted by Gasteiger charge is -2.30. The molecule has 0 atom stereocenters. The maximum absolute atomic E-state index is 5.92. The van der Waals surface area contributed by atoms with Gasteiger partial charge in [0.05, 0.1) is 11.0 Å². The summed E-state index contributed by atoms with van der Waals surface area (Å²) in [6, 6.07) is 78.4. The molecule has 266 valence electrons. The van der Waals surface area contributed by atoms with Crippen LogP contribution < -0.4 is 41.8 Å². The summed E-state index contributed by atoms with van der Waals surface area (Å²) in [6.45, 7) is 0. The highest BCUT2D eigenvalue weighted by molar-refractivity contribution is 7.22. The summed E-state index contributed by atoms with van der Waals surface area (Å²) in [7, 11) is -5.68. The normalized spacial score (nSPS) is 14.2. The number of para-hydroxylation sites is 1. The first-order chi connectivity index (χ1) is 28.3. The second-order valence-corrected chi connectivity index (χ2v) is 22.5. The first kappa shape index (κ1) is 32.3. The molecular formula is C52H35N3Si2. The van der Waals surface area contributed by atoms with Crippen LogP contribution in [0.3, 0.4) is 0 Å². The summed E-state index contributed by atoms with van der Waals surface area (Å²) in [5.74, 6) is 0. The Balaban J connectivity index is 1.21. The lowest BCUT2D eigenvalue weighted by molar-refractivity contribution is 1.17. The van der Waals surface area contributed by atoms with Gasteiger partial charge in [-0.05, 0) is 89.8 Å². The predicted molar refractivity (Wildman–Crippen MR) is 242 cm³/mol. The number of rotatable bonds is 5. The molecule has 2 aliphatic heterocycles. The number of hydrogen-bond acceptors (Lipinski definition) is 2. The third-order valence-corrected chi connectivity index (χ3v) is 22.0. The van der Waals surface area contributed by atoms with Crippen LogP contribution in [0, 0.1) is 0 Å². The zero-order chi connectivity index (χ0) is 37.6. The SMILES string of the molecule is c1ccc(-n2c3ccc([Si]4(c5ccccc5)c5ccccc5-c5ccccc54)nc3c3nc([Si]4(c5ccccc5)c5ccccc5-c5ccccc54)ccc32)cc1. The first-order valence-corrected chi connectivity index (χ1v) is 23.7. The van der Waals surface area contributed by atoms with Crippen LogP contribution in [0.15, 0.2) is 212 Å². The number of hydrogen-bond donors (Lipinski definition) is 0. The van der Waals surface area contributed by atoms with Crippen LogP contribution in [0.5, 0.6) is 0 Å². The smallest absolute Gasteiger partial charge is 0.203 e. The second kappa shape index (κ2) is 12.3. The van der Waals surface area contributed by atoms with Crippen molar-refractivity contribution in [1.82, 2.24) is 14.5 Å². The van der Waals surface area contributed by atoms with E-state index in [2.05, 4.69) is 217 Å². The molecule has 0 fully saturated rings. The molecule has 0 saturated heterocycles. The summed E-state index contributed by atoms with van der Waals surface area (Å²) in [5.41, 5.74) is 10.3. The highest BCUT2D eigenvalue weighted by Gasteiger charge is 2.51. The van der Waals surface area contributed by atoms with Gasteiger partial charge in [-0.25, -0.2) is 0 Å². The molecule has 0 N–H and O–H groups in total. The van der Waals surface area contributed by atoms with Crippen molar-refractivity contribution in [3.63, 3.8) is 0 Å². The van der Waals surface area contributed by atoms with Crippen LogP contribution in [0.4, 0.5) is 0 Å². The van der Waals surface area contributed by atoms with Gasteiger partial charge in [0.2, 0.25) is 16.1 Å². The Morgan fingerprint density at radius 1 is 0.298 bits per heavy atom. The van der Waals surface area contributed by atoms with Crippen LogP contribution in [0.25, 0.3) is 50.0 Å². The number of fused-ring (bicyclic) bond motifs is 9. The quantitative estimate of drug-likeness (QED) is 0.194. The Morgan fingerprint density at radius 3 is 0.982 bits per heavy atom. The van der Waals surface area contributed by atoms with Crippen molar-refractivity contribution in [2.75, 3.05) is 0 Å². The number of benzene rings is 7. The molecule has 0 aliphatic carbocycles. The lowest BCUT2D eigenvalue weighted by Crippen LogP contribution is -2.73. The van der Waals surface area contributed by atoms with Crippen molar-refractivity contribution >= 4 is 80.0 Å². The fourth-order valence-electron chi connectivity index (χ4n) is 10.3. The molecule has 2 aliphatic rings. The molecular weight excluding hydrogens is 723 g/mol. The van der Waals surface area contributed by atoms with Crippen molar-refractivity contribution in [1.29, 1.82) is 0 Å². The predicted octanol–water partition coefficient (Wildman–Crippen LogP) is 6.29. The third kappa shape index (κ3) is 4.30. The zero-order valence-electron chi connectivity index (χ0n) is 31.0. The second-order valence-electron chi connectivity index (χ2n) is 15.2. The van der Waals surface area contributed by atoms with Crippen molar-refractivity contribution in [3.05, 3.63) is 212 Å². The van der Waals surface area contributed by atoms with Crippen LogP contribution >= 0.6 is 0 Å². The molecule has 0 bridgehead atoms. The van der Waals surface area contributed by atoms with Gasteiger partial charge in [0.15, 0.2) is 0 Å². The molecule has 3 aromatic heterocycles. The summed E-state index contributed by atoms with van der Waals surface area (Å²) < 4.78 is 2.36. The molecule has 7 aromatic carbocycles. The minimum absolute atomic E-state index is 0.939. The van der Waals surface area contributed by atoms with E-state index >= 15 is 0 Å². The average molecular weight is 758 g/mol. The molecule has 5 heteroatoms. The monoisotopic (exact) mass is 757 g/mol. The van der Waals surface area contributed by atoms with E-state index in [0.717, 1.165) is 38.4 Å². The van der Waals surface area contributed by atoms with Crippen LogP contribution in [-0.4, -0.2) is 30.7 Å². The molecule has 5 heterocycles. The fraction of sp³-hybridized carbons (Fsp3) is 0. The maximum Gasteiger partial charge on any atom is 0.203 e. The summed E-state index contributed by atoms with van der Waals surface area (Å²) in [5, 5.41) is 10.5. The first-order valence-electron chi connectivity index (χ1n) is 19.7. The van der Waals surface area contributed by atoms with E-state index in [0.29, 0.717) is 0 Å². The third-order valence-electron chi connectivity index (χ3n) is 12.6. The van der Waals surface area contributed by atoms with Gasteiger partial charge in [-0.2, -0.15) is 0 Å². The van der Waals surface area contributed by atoms with E-state index < -0.39 is 16.1 Å². The van der Waals surface area contributed by atoms with E-state index in [4.69, 9.17) is 9.97 Å². The molecule has 0 spiro atoms. The number of pyridine rings is 2. The van der Waals surface area contributed by atoms with Crippen molar-refractivity contribution in [2.24, 2.45) is 0 Å². The lowest BCUT2D eigenvalue weighted by atomic mass is 10.1.